The number of nitrogens with zero attached hydrogens (tertiary/aromatic N) is 1. The van der Waals surface area contributed by atoms with Gasteiger partial charge in [0, 0.05) is 6.20 Å². The van der Waals surface area contributed by atoms with E-state index >= 15 is 0 Å². The molecule has 1 heterocycles. The van der Waals surface area contributed by atoms with Gasteiger partial charge in [0.15, 0.2) is 0 Å². The van der Waals surface area contributed by atoms with Crippen molar-refractivity contribution in [1.82, 2.24) is 5.06 Å². The molecule has 1 aliphatic heterocycles. The maximum absolute atomic E-state index is 9.76. The van der Waals surface area contributed by atoms with Crippen molar-refractivity contribution in [2.45, 2.75) is 13.0 Å². The highest BCUT2D eigenvalue weighted by Gasteiger charge is 2.15. The standard InChI is InChI=1S/C16H15NO/c18-17-11-14-8-4-5-9-16(14)15(12-17)10-13-6-2-1-3-7-13/h1-9,12,18H,10-11H2. The number of benzene rings is 2. The molecule has 0 fully saturated rings. The van der Waals surface area contributed by atoms with Crippen molar-refractivity contribution in [3.63, 3.8) is 0 Å². The van der Waals surface area contributed by atoms with E-state index in [4.69, 9.17) is 0 Å². The third-order valence-corrected chi connectivity index (χ3v) is 3.24. The van der Waals surface area contributed by atoms with Crippen molar-refractivity contribution >= 4 is 5.57 Å². The van der Waals surface area contributed by atoms with E-state index < -0.39 is 0 Å². The molecular formula is C16H15NO. The quantitative estimate of drug-likeness (QED) is 0.864. The average Bonchev–Trinajstić information content (AvgIpc) is 2.40. The van der Waals surface area contributed by atoms with Crippen molar-refractivity contribution in [3.8, 4) is 0 Å². The number of hydrogen-bond acceptors (Lipinski definition) is 2. The molecule has 2 heteroatoms. The zero-order chi connectivity index (χ0) is 12.4. The van der Waals surface area contributed by atoms with Crippen molar-refractivity contribution in [3.05, 3.63) is 77.5 Å². The molecule has 2 nitrogen and oxygen atoms in total. The summed E-state index contributed by atoms with van der Waals surface area (Å²) >= 11 is 0. The minimum absolute atomic E-state index is 0.564. The molecule has 0 aromatic heterocycles. The van der Waals surface area contributed by atoms with Crippen LogP contribution < -0.4 is 0 Å². The predicted molar refractivity (Wildman–Crippen MR) is 71.9 cm³/mol. The van der Waals surface area contributed by atoms with Gasteiger partial charge in [-0.15, -0.1) is 0 Å². The van der Waals surface area contributed by atoms with Crippen LogP contribution in [0.1, 0.15) is 16.7 Å². The minimum Gasteiger partial charge on any atom is -0.289 e. The highest BCUT2D eigenvalue weighted by atomic mass is 16.5. The van der Waals surface area contributed by atoms with Crippen LogP contribution in [-0.2, 0) is 13.0 Å². The second-order valence-corrected chi connectivity index (χ2v) is 4.57. The highest BCUT2D eigenvalue weighted by molar-refractivity contribution is 5.71. The Hall–Kier alpha value is -2.06. The summed E-state index contributed by atoms with van der Waals surface area (Å²) in [6.45, 7) is 0.564. The first-order valence-corrected chi connectivity index (χ1v) is 6.11. The number of rotatable bonds is 2. The van der Waals surface area contributed by atoms with Crippen LogP contribution >= 0.6 is 0 Å². The van der Waals surface area contributed by atoms with E-state index in [9.17, 15) is 5.21 Å². The Morgan fingerprint density at radius 2 is 1.67 bits per heavy atom. The van der Waals surface area contributed by atoms with Gasteiger partial charge >= 0.3 is 0 Å². The van der Waals surface area contributed by atoms with Crippen molar-refractivity contribution in [2.75, 3.05) is 0 Å². The van der Waals surface area contributed by atoms with Crippen molar-refractivity contribution < 1.29 is 5.21 Å². The molecule has 3 rings (SSSR count). The number of allylic oxidation sites excluding steroid dienone is 1. The van der Waals surface area contributed by atoms with E-state index in [1.165, 1.54) is 21.8 Å². The van der Waals surface area contributed by atoms with E-state index in [1.807, 2.05) is 36.5 Å². The van der Waals surface area contributed by atoms with Crippen LogP contribution in [0.15, 0.2) is 60.8 Å². The molecule has 1 aliphatic rings. The molecule has 2 aromatic carbocycles. The molecule has 0 atom stereocenters. The van der Waals surface area contributed by atoms with Crippen LogP contribution in [0.5, 0.6) is 0 Å². The average molecular weight is 237 g/mol. The first-order valence-electron chi connectivity index (χ1n) is 6.11. The Kier molecular flexibility index (Phi) is 2.87. The van der Waals surface area contributed by atoms with Gasteiger partial charge < -0.3 is 0 Å². The van der Waals surface area contributed by atoms with E-state index in [0.29, 0.717) is 6.54 Å². The zero-order valence-corrected chi connectivity index (χ0v) is 10.1. The van der Waals surface area contributed by atoms with Crippen LogP contribution in [0.3, 0.4) is 0 Å². The molecule has 90 valence electrons. The summed E-state index contributed by atoms with van der Waals surface area (Å²) in [5, 5.41) is 11.0. The smallest absolute Gasteiger partial charge is 0.0702 e. The van der Waals surface area contributed by atoms with Crippen LogP contribution in [0, 0.1) is 0 Å². The molecule has 0 spiro atoms. The molecule has 2 aromatic rings. The van der Waals surface area contributed by atoms with Gasteiger partial charge in [-0.3, -0.25) is 10.3 Å². The second-order valence-electron chi connectivity index (χ2n) is 4.57. The predicted octanol–water partition coefficient (Wildman–Crippen LogP) is 3.48. The normalized spacial score (nSPS) is 14.1. The fourth-order valence-electron chi connectivity index (χ4n) is 2.40. The number of hydroxylamine groups is 2. The van der Waals surface area contributed by atoms with Gasteiger partial charge in [-0.05, 0) is 28.7 Å². The Morgan fingerprint density at radius 3 is 2.50 bits per heavy atom. The Labute approximate surface area is 107 Å². The molecule has 0 saturated heterocycles. The second kappa shape index (κ2) is 4.67. The molecule has 0 saturated carbocycles. The van der Waals surface area contributed by atoms with E-state index in [-0.39, 0.29) is 0 Å². The van der Waals surface area contributed by atoms with Gasteiger partial charge in [0.05, 0.1) is 6.54 Å². The largest absolute Gasteiger partial charge is 0.289 e. The summed E-state index contributed by atoms with van der Waals surface area (Å²) < 4.78 is 0. The number of fused-ring (bicyclic) bond motifs is 1. The van der Waals surface area contributed by atoms with Gasteiger partial charge in [0.2, 0.25) is 0 Å². The summed E-state index contributed by atoms with van der Waals surface area (Å²) in [6.07, 6.45) is 2.67. The number of hydrogen-bond donors (Lipinski definition) is 1. The van der Waals surface area contributed by atoms with Crippen LogP contribution in [0.25, 0.3) is 5.57 Å². The van der Waals surface area contributed by atoms with Crippen LogP contribution in [0.2, 0.25) is 0 Å². The lowest BCUT2D eigenvalue weighted by Gasteiger charge is -2.24. The van der Waals surface area contributed by atoms with Gasteiger partial charge in [0.25, 0.3) is 0 Å². The molecule has 18 heavy (non-hydrogen) atoms. The lowest BCUT2D eigenvalue weighted by Crippen LogP contribution is -2.18. The zero-order valence-electron chi connectivity index (χ0n) is 10.1. The fraction of sp³-hybridized carbons (Fsp3) is 0.125. The third kappa shape index (κ3) is 2.15. The lowest BCUT2D eigenvalue weighted by atomic mass is 9.93. The summed E-state index contributed by atoms with van der Waals surface area (Å²) in [7, 11) is 0. The summed E-state index contributed by atoms with van der Waals surface area (Å²) in [5.41, 5.74) is 4.83. The molecule has 1 N–H and O–H groups in total. The van der Waals surface area contributed by atoms with E-state index in [1.54, 1.807) is 0 Å². The molecular weight excluding hydrogens is 222 g/mol. The maximum atomic E-state index is 9.76. The molecule has 0 radical (unpaired) electrons. The minimum atomic E-state index is 0.564. The van der Waals surface area contributed by atoms with E-state index in [0.717, 1.165) is 12.0 Å². The van der Waals surface area contributed by atoms with Gasteiger partial charge in [-0.25, -0.2) is 0 Å². The van der Waals surface area contributed by atoms with Crippen LogP contribution in [-0.4, -0.2) is 10.3 Å². The molecule has 0 aliphatic carbocycles. The molecule has 0 amide bonds. The topological polar surface area (TPSA) is 23.5 Å². The lowest BCUT2D eigenvalue weighted by molar-refractivity contribution is -0.0501. The Balaban J connectivity index is 1.96. The first kappa shape index (κ1) is 11.1. The summed E-state index contributed by atoms with van der Waals surface area (Å²) in [5.74, 6) is 0. The van der Waals surface area contributed by atoms with Crippen LogP contribution in [0.4, 0.5) is 0 Å². The summed E-state index contributed by atoms with van der Waals surface area (Å²) in [6, 6.07) is 18.6. The first-order chi connectivity index (χ1) is 8.83. The monoisotopic (exact) mass is 237 g/mol. The SMILES string of the molecule is ON1C=C(Cc2ccccc2)c2ccccc2C1. The highest BCUT2D eigenvalue weighted by Crippen LogP contribution is 2.28. The van der Waals surface area contributed by atoms with Crippen molar-refractivity contribution in [1.29, 1.82) is 0 Å². The Morgan fingerprint density at radius 1 is 0.944 bits per heavy atom. The Bertz CT molecular complexity index is 575. The fourth-order valence-corrected chi connectivity index (χ4v) is 2.40. The maximum Gasteiger partial charge on any atom is 0.0702 e. The van der Waals surface area contributed by atoms with Gasteiger partial charge in [-0.2, -0.15) is 0 Å². The van der Waals surface area contributed by atoms with E-state index in [2.05, 4.69) is 24.3 Å². The molecule has 0 unspecified atom stereocenters. The summed E-state index contributed by atoms with van der Waals surface area (Å²) in [4.78, 5) is 0. The third-order valence-electron chi connectivity index (χ3n) is 3.24. The van der Waals surface area contributed by atoms with Gasteiger partial charge in [-0.1, -0.05) is 54.6 Å². The van der Waals surface area contributed by atoms with Gasteiger partial charge in [0.1, 0.15) is 0 Å². The van der Waals surface area contributed by atoms with Crippen molar-refractivity contribution in [2.24, 2.45) is 0 Å². The molecule has 0 bridgehead atoms.